The molecule has 8 nitrogen and oxygen atoms in total. The van der Waals surface area contributed by atoms with E-state index in [9.17, 15) is 9.90 Å². The van der Waals surface area contributed by atoms with E-state index in [2.05, 4.69) is 34.6 Å². The average molecular weight is 384 g/mol. The van der Waals surface area contributed by atoms with Crippen molar-refractivity contribution in [1.82, 2.24) is 15.8 Å². The summed E-state index contributed by atoms with van der Waals surface area (Å²) in [5, 5.41) is 13.0. The van der Waals surface area contributed by atoms with Gasteiger partial charge in [0.1, 0.15) is 0 Å². The van der Waals surface area contributed by atoms with Crippen LogP contribution in [0.15, 0.2) is 41.5 Å². The lowest BCUT2D eigenvalue weighted by Crippen LogP contribution is -2.54. The molecule has 3 N–H and O–H groups in total. The first kappa shape index (κ1) is 19.6. The number of benzene rings is 1. The summed E-state index contributed by atoms with van der Waals surface area (Å²) >= 11 is 0. The zero-order valence-corrected chi connectivity index (χ0v) is 16.3. The molecule has 2 heterocycles. The van der Waals surface area contributed by atoms with Crippen molar-refractivity contribution in [2.75, 3.05) is 7.11 Å². The zero-order chi connectivity index (χ0) is 20.3. The number of carbonyl (C=O) groups excluding carboxylic acids is 1. The number of aromatic hydroxyl groups is 1. The maximum Gasteiger partial charge on any atom is 0.274 e. The highest BCUT2D eigenvalue weighted by molar-refractivity contribution is 5.95. The van der Waals surface area contributed by atoms with Gasteiger partial charge in [-0.3, -0.25) is 4.79 Å². The standard InChI is InChI=1S/C20H24N4O4/c1-12(2)14-6-5-7-15(10-14)20(22-11-28-24-20)13(3)23-19(26)17-18(25)16(27-4)8-9-21-17/h5-13,24-25H,1-4H3,(H,23,26)/t13-,20?/m0/s1. The van der Waals surface area contributed by atoms with Gasteiger partial charge in [0.25, 0.3) is 5.91 Å². The van der Waals surface area contributed by atoms with E-state index < -0.39 is 17.6 Å². The molecule has 1 amide bonds. The van der Waals surface area contributed by atoms with Gasteiger partial charge in [0, 0.05) is 12.3 Å². The van der Waals surface area contributed by atoms with Gasteiger partial charge in [-0.2, -0.15) is 0 Å². The maximum absolute atomic E-state index is 12.7. The lowest BCUT2D eigenvalue weighted by molar-refractivity contribution is 0.0773. The molecule has 3 rings (SSSR count). The molecule has 2 atom stereocenters. The number of nitrogens with zero attached hydrogens (tertiary/aromatic N) is 2. The minimum absolute atomic E-state index is 0.125. The SMILES string of the molecule is COc1ccnc(C(=O)N[C@@H](C)C2(c3cccc(C(C)C)c3)N=CON2)c1O. The summed E-state index contributed by atoms with van der Waals surface area (Å²) in [7, 11) is 1.41. The zero-order valence-electron chi connectivity index (χ0n) is 16.3. The topological polar surface area (TPSA) is 105 Å². The number of hydrogen-bond acceptors (Lipinski definition) is 7. The highest BCUT2D eigenvalue weighted by Crippen LogP contribution is 2.32. The van der Waals surface area contributed by atoms with E-state index in [1.54, 1.807) is 6.92 Å². The summed E-state index contributed by atoms with van der Waals surface area (Å²) in [4.78, 5) is 26.4. The Morgan fingerprint density at radius 2 is 2.11 bits per heavy atom. The number of nitrogens with one attached hydrogen (secondary N) is 2. The normalized spacial score (nSPS) is 19.3. The van der Waals surface area contributed by atoms with Crippen LogP contribution in [0.4, 0.5) is 0 Å². The van der Waals surface area contributed by atoms with Gasteiger partial charge in [0.15, 0.2) is 29.3 Å². The molecule has 28 heavy (non-hydrogen) atoms. The average Bonchev–Trinajstić information content (AvgIpc) is 3.19. The summed E-state index contributed by atoms with van der Waals surface area (Å²) in [6, 6.07) is 8.91. The van der Waals surface area contributed by atoms with Crippen molar-refractivity contribution in [3.63, 3.8) is 0 Å². The molecule has 0 saturated heterocycles. The predicted molar refractivity (Wildman–Crippen MR) is 104 cm³/mol. The van der Waals surface area contributed by atoms with Gasteiger partial charge < -0.3 is 20.0 Å². The highest BCUT2D eigenvalue weighted by Gasteiger charge is 2.42. The number of aromatic nitrogens is 1. The van der Waals surface area contributed by atoms with Crippen LogP contribution in [0.1, 0.15) is 48.3 Å². The van der Waals surface area contributed by atoms with Crippen molar-refractivity contribution in [3.8, 4) is 11.5 Å². The Hall–Kier alpha value is -3.13. The molecule has 1 aromatic heterocycles. The van der Waals surface area contributed by atoms with Crippen LogP contribution in [0.2, 0.25) is 0 Å². The van der Waals surface area contributed by atoms with Gasteiger partial charge in [-0.25, -0.2) is 9.98 Å². The lowest BCUT2D eigenvalue weighted by atomic mass is 9.90. The van der Waals surface area contributed by atoms with E-state index in [1.165, 1.54) is 25.8 Å². The number of pyridine rings is 1. The minimum atomic E-state index is -1.00. The molecule has 0 fully saturated rings. The summed E-state index contributed by atoms with van der Waals surface area (Å²) in [5.74, 6) is -0.351. The summed E-state index contributed by atoms with van der Waals surface area (Å²) in [6.45, 7) is 6.02. The number of aliphatic imine (C=N–C) groups is 1. The van der Waals surface area contributed by atoms with E-state index in [0.29, 0.717) is 5.92 Å². The predicted octanol–water partition coefficient (Wildman–Crippen LogP) is 2.45. The summed E-state index contributed by atoms with van der Waals surface area (Å²) in [5.41, 5.74) is 3.77. The van der Waals surface area contributed by atoms with Crippen molar-refractivity contribution < 1.29 is 19.5 Å². The maximum atomic E-state index is 12.7. The van der Waals surface area contributed by atoms with Crippen LogP contribution >= 0.6 is 0 Å². The van der Waals surface area contributed by atoms with Gasteiger partial charge >= 0.3 is 0 Å². The number of ether oxygens (including phenoxy) is 1. The summed E-state index contributed by atoms with van der Waals surface area (Å²) in [6.07, 6.45) is 2.71. The Balaban J connectivity index is 1.90. The number of rotatable bonds is 6. The lowest BCUT2D eigenvalue weighted by Gasteiger charge is -2.32. The molecule has 1 aromatic carbocycles. The van der Waals surface area contributed by atoms with Crippen LogP contribution in [-0.2, 0) is 10.5 Å². The van der Waals surface area contributed by atoms with E-state index in [0.717, 1.165) is 11.1 Å². The van der Waals surface area contributed by atoms with Crippen LogP contribution in [-0.4, -0.2) is 35.5 Å². The first-order valence-corrected chi connectivity index (χ1v) is 8.98. The number of methoxy groups -OCH3 is 1. The molecule has 0 radical (unpaired) electrons. The van der Waals surface area contributed by atoms with Gasteiger partial charge in [-0.15, -0.1) is 5.48 Å². The molecule has 2 aromatic rings. The first-order valence-electron chi connectivity index (χ1n) is 8.98. The van der Waals surface area contributed by atoms with Gasteiger partial charge in [-0.05, 0) is 24.0 Å². The summed E-state index contributed by atoms with van der Waals surface area (Å²) < 4.78 is 5.04. The van der Waals surface area contributed by atoms with Gasteiger partial charge in [0.2, 0.25) is 0 Å². The van der Waals surface area contributed by atoms with E-state index in [-0.39, 0.29) is 17.2 Å². The molecule has 0 bridgehead atoms. The van der Waals surface area contributed by atoms with Crippen LogP contribution in [0.25, 0.3) is 0 Å². The Labute approximate surface area is 163 Å². The minimum Gasteiger partial charge on any atom is -0.503 e. The Morgan fingerprint density at radius 3 is 2.75 bits per heavy atom. The number of hydrogen-bond donors (Lipinski definition) is 3. The van der Waals surface area contributed by atoms with Crippen LogP contribution in [0.5, 0.6) is 11.5 Å². The smallest absolute Gasteiger partial charge is 0.274 e. The van der Waals surface area contributed by atoms with Crippen molar-refractivity contribution in [2.24, 2.45) is 4.99 Å². The van der Waals surface area contributed by atoms with Crippen LogP contribution < -0.4 is 15.5 Å². The van der Waals surface area contributed by atoms with Crippen LogP contribution in [0.3, 0.4) is 0 Å². The largest absolute Gasteiger partial charge is 0.503 e. The fourth-order valence-electron chi connectivity index (χ4n) is 3.11. The number of hydroxylamine groups is 1. The van der Waals surface area contributed by atoms with Crippen molar-refractivity contribution in [2.45, 2.75) is 38.4 Å². The second-order valence-corrected chi connectivity index (χ2v) is 6.91. The van der Waals surface area contributed by atoms with E-state index >= 15 is 0 Å². The molecule has 0 spiro atoms. The van der Waals surface area contributed by atoms with Crippen LogP contribution in [0, 0.1) is 0 Å². The number of amides is 1. The van der Waals surface area contributed by atoms with Gasteiger partial charge in [0.05, 0.1) is 13.2 Å². The molecule has 0 aliphatic carbocycles. The van der Waals surface area contributed by atoms with E-state index in [4.69, 9.17) is 9.57 Å². The monoisotopic (exact) mass is 384 g/mol. The van der Waals surface area contributed by atoms with Crippen molar-refractivity contribution in [1.29, 1.82) is 0 Å². The second-order valence-electron chi connectivity index (χ2n) is 6.91. The van der Waals surface area contributed by atoms with Crippen molar-refractivity contribution >= 4 is 12.3 Å². The molecular formula is C20H24N4O4. The molecule has 1 aliphatic heterocycles. The third-order valence-corrected chi connectivity index (χ3v) is 4.81. The molecule has 1 aliphatic rings. The molecule has 1 unspecified atom stereocenters. The Kier molecular flexibility index (Phi) is 5.51. The first-order chi connectivity index (χ1) is 13.4. The Morgan fingerprint density at radius 1 is 1.32 bits per heavy atom. The van der Waals surface area contributed by atoms with Crippen molar-refractivity contribution in [3.05, 3.63) is 53.3 Å². The molecular weight excluding hydrogens is 360 g/mol. The Bertz CT molecular complexity index is 900. The third-order valence-electron chi connectivity index (χ3n) is 4.81. The molecule has 148 valence electrons. The second kappa shape index (κ2) is 7.85. The van der Waals surface area contributed by atoms with Gasteiger partial charge in [-0.1, -0.05) is 38.1 Å². The fraction of sp³-hybridized carbons (Fsp3) is 0.350. The number of carbonyl (C=O) groups is 1. The molecule has 0 saturated carbocycles. The fourth-order valence-corrected chi connectivity index (χ4v) is 3.11. The third kappa shape index (κ3) is 3.50. The van der Waals surface area contributed by atoms with E-state index in [1.807, 2.05) is 24.3 Å². The molecule has 8 heteroatoms. The highest BCUT2D eigenvalue weighted by atomic mass is 16.7. The quantitative estimate of drug-likeness (QED) is 0.707.